The molecule has 1 aromatic rings. The summed E-state index contributed by atoms with van der Waals surface area (Å²) in [6, 6.07) is 4.06. The normalized spacial score (nSPS) is 15.4. The zero-order valence-corrected chi connectivity index (χ0v) is 8.26. The lowest BCUT2D eigenvalue weighted by molar-refractivity contribution is 0.174. The van der Waals surface area contributed by atoms with Crippen LogP contribution in [0.15, 0.2) is 18.3 Å². The van der Waals surface area contributed by atoms with Crippen LogP contribution < -0.4 is 14.8 Å². The van der Waals surface area contributed by atoms with Crippen molar-refractivity contribution in [2.75, 3.05) is 6.79 Å². The summed E-state index contributed by atoms with van der Waals surface area (Å²) in [5.41, 5.74) is 2.47. The molecule has 0 saturated heterocycles. The van der Waals surface area contributed by atoms with Crippen LogP contribution in [0.1, 0.15) is 11.1 Å². The van der Waals surface area contributed by atoms with Gasteiger partial charge in [0.05, 0.1) is 0 Å². The smallest absolute Gasteiger partial charge is 0.231 e. The van der Waals surface area contributed by atoms with Crippen molar-refractivity contribution in [2.24, 2.45) is 0 Å². The van der Waals surface area contributed by atoms with Gasteiger partial charge in [-0.2, -0.15) is 0 Å². The summed E-state index contributed by atoms with van der Waals surface area (Å²) in [6.07, 6.45) is 3.99. The summed E-state index contributed by atoms with van der Waals surface area (Å²) in [5.74, 6) is 1.71. The highest BCUT2D eigenvalue weighted by Crippen LogP contribution is 2.35. The van der Waals surface area contributed by atoms with E-state index >= 15 is 0 Å². The molecule has 4 heteroatoms. The molecular formula is C10H10ClNO2. The minimum absolute atomic E-state index is 0. The standard InChI is InChI=1S/C10H9NO2.ClH/c1-2-11-5-8-4-10-9(3-7(1)8)12-6-13-10;/h1-4,11H,5-6H2;1H. The summed E-state index contributed by atoms with van der Waals surface area (Å²) in [6.45, 7) is 1.21. The van der Waals surface area contributed by atoms with Crippen molar-refractivity contribution in [3.8, 4) is 11.5 Å². The molecule has 1 N–H and O–H groups in total. The monoisotopic (exact) mass is 211 g/mol. The van der Waals surface area contributed by atoms with E-state index in [1.165, 1.54) is 11.1 Å². The summed E-state index contributed by atoms with van der Waals surface area (Å²) in [5, 5.41) is 3.16. The van der Waals surface area contributed by atoms with Gasteiger partial charge in [-0.1, -0.05) is 0 Å². The van der Waals surface area contributed by atoms with Crippen molar-refractivity contribution in [3.63, 3.8) is 0 Å². The number of halogens is 1. The van der Waals surface area contributed by atoms with Crippen molar-refractivity contribution in [1.29, 1.82) is 0 Å². The molecule has 0 saturated carbocycles. The van der Waals surface area contributed by atoms with Crippen LogP contribution in [0.3, 0.4) is 0 Å². The molecule has 2 heterocycles. The second-order valence-corrected chi connectivity index (χ2v) is 3.12. The number of hydrogen-bond acceptors (Lipinski definition) is 3. The van der Waals surface area contributed by atoms with Gasteiger partial charge in [0.25, 0.3) is 0 Å². The minimum Gasteiger partial charge on any atom is -0.454 e. The molecule has 74 valence electrons. The molecule has 3 rings (SSSR count). The summed E-state index contributed by atoms with van der Waals surface area (Å²) >= 11 is 0. The SMILES string of the molecule is C1=Cc2cc3c(cc2CN1)OCO3.Cl. The first-order valence-electron chi connectivity index (χ1n) is 4.26. The molecule has 0 bridgehead atoms. The minimum atomic E-state index is 0. The maximum Gasteiger partial charge on any atom is 0.231 e. The van der Waals surface area contributed by atoms with E-state index < -0.39 is 0 Å². The fourth-order valence-electron chi connectivity index (χ4n) is 1.63. The number of rotatable bonds is 0. The maximum absolute atomic E-state index is 5.29. The summed E-state index contributed by atoms with van der Waals surface area (Å²) in [7, 11) is 0. The molecule has 3 nitrogen and oxygen atoms in total. The molecule has 0 fully saturated rings. The van der Waals surface area contributed by atoms with Gasteiger partial charge in [-0.05, 0) is 35.5 Å². The Bertz CT molecular complexity index is 390. The third-order valence-corrected chi connectivity index (χ3v) is 2.31. The largest absolute Gasteiger partial charge is 0.454 e. The fourth-order valence-corrected chi connectivity index (χ4v) is 1.63. The van der Waals surface area contributed by atoms with Crippen LogP contribution in [-0.4, -0.2) is 6.79 Å². The zero-order valence-electron chi connectivity index (χ0n) is 7.45. The van der Waals surface area contributed by atoms with Crippen molar-refractivity contribution >= 4 is 18.5 Å². The lowest BCUT2D eigenvalue weighted by Crippen LogP contribution is -2.09. The van der Waals surface area contributed by atoms with Crippen molar-refractivity contribution < 1.29 is 9.47 Å². The van der Waals surface area contributed by atoms with Crippen LogP contribution in [0, 0.1) is 0 Å². The summed E-state index contributed by atoms with van der Waals surface area (Å²) < 4.78 is 10.6. The van der Waals surface area contributed by atoms with Gasteiger partial charge < -0.3 is 14.8 Å². The van der Waals surface area contributed by atoms with Crippen LogP contribution in [0.25, 0.3) is 6.08 Å². The molecule has 0 aliphatic carbocycles. The molecule has 0 radical (unpaired) electrons. The lowest BCUT2D eigenvalue weighted by Gasteiger charge is -2.12. The molecule has 0 atom stereocenters. The first-order valence-corrected chi connectivity index (χ1v) is 4.26. The molecular weight excluding hydrogens is 202 g/mol. The third kappa shape index (κ3) is 1.30. The van der Waals surface area contributed by atoms with Crippen LogP contribution in [0.5, 0.6) is 11.5 Å². The molecule has 0 amide bonds. The fraction of sp³-hybridized carbons (Fsp3) is 0.200. The molecule has 14 heavy (non-hydrogen) atoms. The number of benzene rings is 1. The van der Waals surface area contributed by atoms with Crippen LogP contribution in [0.4, 0.5) is 0 Å². The van der Waals surface area contributed by atoms with E-state index in [1.54, 1.807) is 0 Å². The van der Waals surface area contributed by atoms with E-state index in [-0.39, 0.29) is 12.4 Å². The first kappa shape index (κ1) is 9.21. The Morgan fingerprint density at radius 3 is 2.79 bits per heavy atom. The van der Waals surface area contributed by atoms with Crippen molar-refractivity contribution in [3.05, 3.63) is 29.5 Å². The highest BCUT2D eigenvalue weighted by atomic mass is 35.5. The van der Waals surface area contributed by atoms with E-state index in [1.807, 2.05) is 24.4 Å². The molecule has 0 unspecified atom stereocenters. The Morgan fingerprint density at radius 2 is 1.93 bits per heavy atom. The Kier molecular flexibility index (Phi) is 2.25. The van der Waals surface area contributed by atoms with Crippen molar-refractivity contribution in [2.45, 2.75) is 6.54 Å². The number of hydrogen-bond donors (Lipinski definition) is 1. The van der Waals surface area contributed by atoms with Crippen LogP contribution in [0.2, 0.25) is 0 Å². The van der Waals surface area contributed by atoms with Gasteiger partial charge >= 0.3 is 0 Å². The van der Waals surface area contributed by atoms with E-state index in [4.69, 9.17) is 9.47 Å². The van der Waals surface area contributed by atoms with Gasteiger partial charge in [-0.25, -0.2) is 0 Å². The Hall–Kier alpha value is -1.35. The second kappa shape index (κ2) is 3.42. The quantitative estimate of drug-likeness (QED) is 0.711. The van der Waals surface area contributed by atoms with Gasteiger partial charge in [0.15, 0.2) is 11.5 Å². The molecule has 2 aliphatic rings. The second-order valence-electron chi connectivity index (χ2n) is 3.12. The van der Waals surface area contributed by atoms with Gasteiger partial charge in [0.2, 0.25) is 6.79 Å². The number of fused-ring (bicyclic) bond motifs is 2. The van der Waals surface area contributed by atoms with E-state index in [0.29, 0.717) is 6.79 Å². The van der Waals surface area contributed by atoms with Gasteiger partial charge in [0.1, 0.15) is 0 Å². The zero-order chi connectivity index (χ0) is 8.67. The number of nitrogens with one attached hydrogen (secondary N) is 1. The van der Waals surface area contributed by atoms with Crippen LogP contribution >= 0.6 is 12.4 Å². The maximum atomic E-state index is 5.29. The predicted molar refractivity (Wildman–Crippen MR) is 55.7 cm³/mol. The van der Waals surface area contributed by atoms with Gasteiger partial charge in [0, 0.05) is 6.54 Å². The average Bonchev–Trinajstić information content (AvgIpc) is 2.61. The highest BCUT2D eigenvalue weighted by Gasteiger charge is 2.16. The third-order valence-electron chi connectivity index (χ3n) is 2.31. The predicted octanol–water partition coefficient (Wildman–Crippen LogP) is 1.91. The Balaban J connectivity index is 0.000000750. The Labute approximate surface area is 88.1 Å². The van der Waals surface area contributed by atoms with Crippen LogP contribution in [-0.2, 0) is 6.54 Å². The first-order chi connectivity index (χ1) is 6.43. The van der Waals surface area contributed by atoms with E-state index in [2.05, 4.69) is 5.32 Å². The number of ether oxygens (including phenoxy) is 2. The molecule has 0 spiro atoms. The average molecular weight is 212 g/mol. The van der Waals surface area contributed by atoms with E-state index in [9.17, 15) is 0 Å². The lowest BCUT2D eigenvalue weighted by atomic mass is 10.0. The van der Waals surface area contributed by atoms with E-state index in [0.717, 1.165) is 18.0 Å². The molecule has 2 aliphatic heterocycles. The van der Waals surface area contributed by atoms with Gasteiger partial charge in [-0.3, -0.25) is 0 Å². The summed E-state index contributed by atoms with van der Waals surface area (Å²) in [4.78, 5) is 0. The highest BCUT2D eigenvalue weighted by molar-refractivity contribution is 5.85. The van der Waals surface area contributed by atoms with Gasteiger partial charge in [-0.15, -0.1) is 12.4 Å². The molecule has 1 aromatic carbocycles. The topological polar surface area (TPSA) is 30.5 Å². The molecule has 0 aromatic heterocycles. The Morgan fingerprint density at radius 1 is 1.14 bits per heavy atom. The van der Waals surface area contributed by atoms with Crippen molar-refractivity contribution in [1.82, 2.24) is 5.32 Å².